The van der Waals surface area contributed by atoms with Crippen LogP contribution < -0.4 is 4.74 Å². The summed E-state index contributed by atoms with van der Waals surface area (Å²) in [5.74, 6) is -3.39. The molecule has 4 rings (SSSR count). The van der Waals surface area contributed by atoms with Crippen LogP contribution in [0.15, 0.2) is 93.5 Å². The van der Waals surface area contributed by atoms with Gasteiger partial charge in [0.2, 0.25) is 0 Å². The van der Waals surface area contributed by atoms with Crippen LogP contribution in [0.1, 0.15) is 40.2 Å². The SMILES string of the molecule is CC(C)C1OC(C)(c2cccc([S+](c3ccccc3)c3ccc(OC(=O)C(F)(F)S(=O)(=O)O)cc3)c2)OCC1(C)C. The average molecular weight is 608 g/mol. The zero-order valence-electron chi connectivity index (χ0n) is 23.3. The summed E-state index contributed by atoms with van der Waals surface area (Å²) in [6, 6.07) is 23.4. The van der Waals surface area contributed by atoms with Crippen molar-refractivity contribution in [1.29, 1.82) is 0 Å². The molecule has 0 bridgehead atoms. The smallest absolute Gasteiger partial charge is 0.421 e. The van der Waals surface area contributed by atoms with Crippen LogP contribution in [0.4, 0.5) is 8.78 Å². The Kier molecular flexibility index (Phi) is 8.69. The number of ether oxygens (including phenoxy) is 3. The first-order valence-electron chi connectivity index (χ1n) is 12.9. The largest absolute Gasteiger partial charge is 0.466 e. The zero-order valence-corrected chi connectivity index (χ0v) is 25.0. The zero-order chi connectivity index (χ0) is 30.2. The summed E-state index contributed by atoms with van der Waals surface area (Å²) in [5.41, 5.74) is 0.693. The lowest BCUT2D eigenvalue weighted by Crippen LogP contribution is -2.52. The molecule has 0 aromatic heterocycles. The van der Waals surface area contributed by atoms with Crippen LogP contribution in [0.3, 0.4) is 0 Å². The van der Waals surface area contributed by atoms with Crippen molar-refractivity contribution in [2.45, 2.75) is 66.5 Å². The molecular weight excluding hydrogens is 574 g/mol. The lowest BCUT2D eigenvalue weighted by Gasteiger charge is -2.49. The van der Waals surface area contributed by atoms with Crippen molar-refractivity contribution >= 4 is 27.0 Å². The summed E-state index contributed by atoms with van der Waals surface area (Å²) < 4.78 is 75.2. The van der Waals surface area contributed by atoms with Gasteiger partial charge in [-0.25, -0.2) is 4.79 Å². The van der Waals surface area contributed by atoms with E-state index in [1.807, 2.05) is 61.5 Å². The number of alkyl halides is 2. The molecule has 7 nitrogen and oxygen atoms in total. The Bertz CT molecular complexity index is 1490. The van der Waals surface area contributed by atoms with Crippen molar-refractivity contribution in [2.75, 3.05) is 6.61 Å². The van der Waals surface area contributed by atoms with E-state index in [9.17, 15) is 22.0 Å². The van der Waals surface area contributed by atoms with E-state index in [1.54, 1.807) is 12.1 Å². The Morgan fingerprint density at radius 3 is 2.15 bits per heavy atom. The summed E-state index contributed by atoms with van der Waals surface area (Å²) in [6.45, 7) is 11.0. The molecule has 1 heterocycles. The van der Waals surface area contributed by atoms with Crippen LogP contribution in [-0.4, -0.2) is 36.9 Å². The lowest BCUT2D eigenvalue weighted by molar-refractivity contribution is -0.337. The molecule has 1 aliphatic rings. The lowest BCUT2D eigenvalue weighted by atomic mass is 9.80. The minimum atomic E-state index is -5.98. The van der Waals surface area contributed by atoms with Gasteiger partial charge in [-0.15, -0.1) is 0 Å². The van der Waals surface area contributed by atoms with Gasteiger partial charge in [0.1, 0.15) is 5.75 Å². The Balaban J connectivity index is 1.68. The summed E-state index contributed by atoms with van der Waals surface area (Å²) in [6.07, 6.45) is -0.0271. The minimum absolute atomic E-state index is 0.0271. The highest BCUT2D eigenvalue weighted by Gasteiger charge is 2.54. The van der Waals surface area contributed by atoms with Gasteiger partial charge in [-0.2, -0.15) is 17.2 Å². The summed E-state index contributed by atoms with van der Waals surface area (Å²) in [7, 11) is -6.64. The van der Waals surface area contributed by atoms with E-state index in [2.05, 4.69) is 32.4 Å². The van der Waals surface area contributed by atoms with E-state index in [0.29, 0.717) is 6.61 Å². The average Bonchev–Trinajstić information content (AvgIpc) is 2.91. The second kappa shape index (κ2) is 11.4. The van der Waals surface area contributed by atoms with Crippen LogP contribution in [0.25, 0.3) is 0 Å². The van der Waals surface area contributed by atoms with Crippen LogP contribution in [0.2, 0.25) is 0 Å². The molecule has 0 radical (unpaired) electrons. The van der Waals surface area contributed by atoms with Gasteiger partial charge in [0, 0.05) is 17.0 Å². The standard InChI is InChI=1S/C30H32F2O7S2/c1-20(2)26-28(3,4)19-37-29(5,39-26)21-10-9-13-25(18-21)40(23-11-7-6-8-12-23)24-16-14-22(15-17-24)38-27(33)30(31,32)41(34,35)36/h6-18,20,26H,19H2,1-5H3/p+1. The number of hydrogen-bond acceptors (Lipinski definition) is 6. The van der Waals surface area contributed by atoms with Crippen molar-refractivity contribution < 1.29 is 40.8 Å². The first-order valence-corrected chi connectivity index (χ1v) is 15.6. The quantitative estimate of drug-likeness (QED) is 0.136. The van der Waals surface area contributed by atoms with Crippen LogP contribution in [0, 0.1) is 11.3 Å². The second-order valence-electron chi connectivity index (χ2n) is 11.0. The van der Waals surface area contributed by atoms with Crippen LogP contribution >= 0.6 is 0 Å². The first kappa shape index (κ1) is 31.1. The summed E-state index contributed by atoms with van der Waals surface area (Å²) in [5, 5.41) is -5.09. The van der Waals surface area contributed by atoms with Gasteiger partial charge in [0.05, 0.1) is 23.6 Å². The maximum atomic E-state index is 13.7. The number of carbonyl (C=O) groups excluding carboxylic acids is 1. The van der Waals surface area contributed by atoms with E-state index in [1.165, 1.54) is 12.1 Å². The maximum absolute atomic E-state index is 13.7. The number of rotatable bonds is 8. The molecule has 1 N–H and O–H groups in total. The third-order valence-electron chi connectivity index (χ3n) is 6.85. The molecule has 3 atom stereocenters. The molecule has 1 aliphatic heterocycles. The Labute approximate surface area is 241 Å². The third kappa shape index (κ3) is 6.49. The molecule has 0 amide bonds. The minimum Gasteiger partial charge on any atom is -0.421 e. The van der Waals surface area contributed by atoms with Crippen molar-refractivity contribution in [3.8, 4) is 5.75 Å². The van der Waals surface area contributed by atoms with Crippen molar-refractivity contribution in [1.82, 2.24) is 0 Å². The van der Waals surface area contributed by atoms with Crippen LogP contribution in [-0.2, 0) is 41.1 Å². The number of esters is 1. The molecule has 41 heavy (non-hydrogen) atoms. The van der Waals surface area contributed by atoms with E-state index in [4.69, 9.17) is 14.0 Å². The van der Waals surface area contributed by atoms with E-state index in [0.717, 1.165) is 20.2 Å². The van der Waals surface area contributed by atoms with Gasteiger partial charge < -0.3 is 14.2 Å². The molecule has 0 spiro atoms. The van der Waals surface area contributed by atoms with Gasteiger partial charge in [-0.3, -0.25) is 4.55 Å². The highest BCUT2D eigenvalue weighted by Crippen LogP contribution is 2.44. The second-order valence-corrected chi connectivity index (χ2v) is 14.5. The molecule has 1 saturated heterocycles. The van der Waals surface area contributed by atoms with Crippen molar-refractivity contribution in [3.05, 3.63) is 84.4 Å². The van der Waals surface area contributed by atoms with Gasteiger partial charge in [-0.05, 0) is 55.3 Å². The number of halogens is 2. The molecular formula is C30H33F2O7S2+. The number of carbonyl (C=O) groups is 1. The Morgan fingerprint density at radius 1 is 0.976 bits per heavy atom. The van der Waals surface area contributed by atoms with Gasteiger partial charge >= 0.3 is 21.3 Å². The fraction of sp³-hybridized carbons (Fsp3) is 0.367. The highest BCUT2D eigenvalue weighted by atomic mass is 32.2. The van der Waals surface area contributed by atoms with Gasteiger partial charge in [0.25, 0.3) is 0 Å². The summed E-state index contributed by atoms with van der Waals surface area (Å²) >= 11 is 0. The van der Waals surface area contributed by atoms with Crippen molar-refractivity contribution in [3.63, 3.8) is 0 Å². The first-order chi connectivity index (χ1) is 19.0. The summed E-state index contributed by atoms with van der Waals surface area (Å²) in [4.78, 5) is 14.4. The monoisotopic (exact) mass is 607 g/mol. The van der Waals surface area contributed by atoms with E-state index < -0.39 is 38.0 Å². The molecule has 11 heteroatoms. The highest BCUT2D eigenvalue weighted by molar-refractivity contribution is 7.97. The van der Waals surface area contributed by atoms with Crippen LogP contribution in [0.5, 0.6) is 5.75 Å². The molecule has 0 aliphatic carbocycles. The Hall–Kier alpha value is -2.83. The number of hydrogen-bond donors (Lipinski definition) is 1. The van der Waals surface area contributed by atoms with Gasteiger partial charge in [0.15, 0.2) is 20.5 Å². The molecule has 0 saturated carbocycles. The molecule has 1 fully saturated rings. The van der Waals surface area contributed by atoms with E-state index in [-0.39, 0.29) is 23.2 Å². The third-order valence-corrected chi connectivity index (χ3v) is 9.88. The molecule has 3 aromatic carbocycles. The Morgan fingerprint density at radius 2 is 1.56 bits per heavy atom. The molecule has 3 unspecified atom stereocenters. The number of benzene rings is 3. The predicted molar refractivity (Wildman–Crippen MR) is 150 cm³/mol. The predicted octanol–water partition coefficient (Wildman–Crippen LogP) is 6.44. The fourth-order valence-corrected chi connectivity index (χ4v) is 7.18. The molecule has 3 aromatic rings. The topological polar surface area (TPSA) is 99.1 Å². The van der Waals surface area contributed by atoms with Crippen molar-refractivity contribution in [2.24, 2.45) is 11.3 Å². The molecule has 220 valence electrons. The fourth-order valence-electron chi connectivity index (χ4n) is 4.82. The maximum Gasteiger partial charge on any atom is 0.466 e. The van der Waals surface area contributed by atoms with E-state index >= 15 is 0 Å². The van der Waals surface area contributed by atoms with Gasteiger partial charge in [-0.1, -0.05) is 58.0 Å². The normalized spacial score (nSPS) is 21.8.